The van der Waals surface area contributed by atoms with Gasteiger partial charge >= 0.3 is 17.6 Å². The molecule has 2 heterocycles. The SMILES string of the molecule is CCCCN(CCCC)CCNc1nc2c(c(=O)n(C)c(=O)n2C)n1Cc1ccccc1.O=C(O)/C=C/C(=O)O. The number of imidazole rings is 1. The second-order valence-corrected chi connectivity index (χ2v) is 9.37. The number of anilines is 1. The Kier molecular flexibility index (Phi) is 12.8. The first-order chi connectivity index (χ1) is 19.1. The number of nitrogens with one attached hydrogen (secondary N) is 1. The van der Waals surface area contributed by atoms with Gasteiger partial charge in [-0.05, 0) is 31.5 Å². The molecule has 0 atom stereocenters. The molecule has 0 spiro atoms. The molecule has 0 bridgehead atoms. The van der Waals surface area contributed by atoms with Crippen molar-refractivity contribution in [2.45, 2.75) is 46.1 Å². The summed E-state index contributed by atoms with van der Waals surface area (Å²) in [5.74, 6) is -1.90. The summed E-state index contributed by atoms with van der Waals surface area (Å²) in [6, 6.07) is 9.99. The Morgan fingerprint density at radius 3 is 2.02 bits per heavy atom. The van der Waals surface area contributed by atoms with E-state index in [1.807, 2.05) is 34.9 Å². The minimum atomic E-state index is -1.26. The zero-order valence-electron chi connectivity index (χ0n) is 23.7. The summed E-state index contributed by atoms with van der Waals surface area (Å²) in [6.45, 7) is 8.75. The van der Waals surface area contributed by atoms with E-state index in [0.717, 1.165) is 36.3 Å². The minimum absolute atomic E-state index is 0.327. The molecule has 3 aromatic rings. The molecule has 218 valence electrons. The third kappa shape index (κ3) is 9.23. The summed E-state index contributed by atoms with van der Waals surface area (Å²) in [7, 11) is 3.17. The molecule has 3 rings (SSSR count). The molecule has 0 amide bonds. The van der Waals surface area contributed by atoms with Gasteiger partial charge in [0.2, 0.25) is 5.95 Å². The highest BCUT2D eigenvalue weighted by Crippen LogP contribution is 2.18. The van der Waals surface area contributed by atoms with E-state index in [-0.39, 0.29) is 11.2 Å². The lowest BCUT2D eigenvalue weighted by atomic mass is 10.2. The summed E-state index contributed by atoms with van der Waals surface area (Å²) in [4.78, 5) is 51.7. The Balaban J connectivity index is 0.000000611. The number of hydrogen-bond donors (Lipinski definition) is 3. The van der Waals surface area contributed by atoms with Gasteiger partial charge in [0.25, 0.3) is 5.56 Å². The molecule has 0 saturated carbocycles. The van der Waals surface area contributed by atoms with Gasteiger partial charge in [0.05, 0.1) is 6.54 Å². The molecule has 1 aromatic carbocycles. The molecule has 2 aromatic heterocycles. The number of aromatic nitrogens is 4. The monoisotopic (exact) mass is 556 g/mol. The topological polar surface area (TPSA) is 152 Å². The Bertz CT molecular complexity index is 1380. The maximum atomic E-state index is 13.0. The Morgan fingerprint density at radius 2 is 1.50 bits per heavy atom. The van der Waals surface area contributed by atoms with Gasteiger partial charge in [-0.15, -0.1) is 0 Å². The highest BCUT2D eigenvalue weighted by molar-refractivity contribution is 5.89. The van der Waals surface area contributed by atoms with E-state index in [4.69, 9.17) is 10.2 Å². The molecule has 12 nitrogen and oxygen atoms in total. The summed E-state index contributed by atoms with van der Waals surface area (Å²) in [5, 5.41) is 19.1. The van der Waals surface area contributed by atoms with Gasteiger partial charge in [0, 0.05) is 39.3 Å². The molecule has 0 unspecified atom stereocenters. The van der Waals surface area contributed by atoms with Crippen LogP contribution in [-0.4, -0.2) is 71.9 Å². The van der Waals surface area contributed by atoms with Gasteiger partial charge in [-0.2, -0.15) is 4.98 Å². The van der Waals surface area contributed by atoms with Crippen molar-refractivity contribution >= 4 is 29.1 Å². The first-order valence-electron chi connectivity index (χ1n) is 13.4. The van der Waals surface area contributed by atoms with Gasteiger partial charge in [-0.3, -0.25) is 18.5 Å². The first-order valence-corrected chi connectivity index (χ1v) is 13.4. The second kappa shape index (κ2) is 16.0. The van der Waals surface area contributed by atoms with Crippen LogP contribution in [0, 0.1) is 0 Å². The van der Waals surface area contributed by atoms with E-state index in [1.165, 1.54) is 37.3 Å². The smallest absolute Gasteiger partial charge is 0.332 e. The minimum Gasteiger partial charge on any atom is -0.478 e. The molecule has 0 radical (unpaired) electrons. The van der Waals surface area contributed by atoms with Crippen molar-refractivity contribution in [1.82, 2.24) is 23.6 Å². The predicted molar refractivity (Wildman–Crippen MR) is 155 cm³/mol. The number of carbonyl (C=O) groups is 2. The van der Waals surface area contributed by atoms with Gasteiger partial charge in [0.15, 0.2) is 11.2 Å². The molecule has 0 fully saturated rings. The number of carboxylic acid groups (broad SMARTS) is 2. The molecular weight excluding hydrogens is 516 g/mol. The number of aryl methyl sites for hydroxylation is 1. The van der Waals surface area contributed by atoms with Crippen LogP contribution in [0.3, 0.4) is 0 Å². The van der Waals surface area contributed by atoms with E-state index in [2.05, 4.69) is 29.0 Å². The van der Waals surface area contributed by atoms with Crippen molar-refractivity contribution in [3.8, 4) is 0 Å². The van der Waals surface area contributed by atoms with Crippen molar-refractivity contribution < 1.29 is 19.8 Å². The van der Waals surface area contributed by atoms with Crippen LogP contribution >= 0.6 is 0 Å². The first kappa shape index (κ1) is 32.0. The highest BCUT2D eigenvalue weighted by atomic mass is 16.4. The van der Waals surface area contributed by atoms with Crippen LogP contribution < -0.4 is 16.6 Å². The number of fused-ring (bicyclic) bond motifs is 1. The fourth-order valence-electron chi connectivity index (χ4n) is 4.07. The van der Waals surface area contributed by atoms with Crippen LogP contribution in [0.15, 0.2) is 52.1 Å². The molecule has 0 aliphatic rings. The molecule has 3 N–H and O–H groups in total. The summed E-state index contributed by atoms with van der Waals surface area (Å²) >= 11 is 0. The lowest BCUT2D eigenvalue weighted by Gasteiger charge is -2.22. The van der Waals surface area contributed by atoms with Gasteiger partial charge in [-0.1, -0.05) is 57.0 Å². The number of hydrogen-bond acceptors (Lipinski definition) is 7. The second-order valence-electron chi connectivity index (χ2n) is 9.37. The van der Waals surface area contributed by atoms with Gasteiger partial charge < -0.3 is 20.4 Å². The number of unbranched alkanes of at least 4 members (excludes halogenated alkanes) is 2. The standard InChI is InChI=1S/C24H36N6O2.C4H4O4/c1-5-7-15-29(16-8-6-2)17-14-25-23-26-21-20(22(31)28(4)24(32)27(21)3)30(23)18-19-12-10-9-11-13-19;5-3(6)1-2-4(7)8/h9-13H,5-8,14-18H2,1-4H3,(H,25,26);1-2H,(H,5,6)(H,7,8)/b;2-1+. The van der Waals surface area contributed by atoms with Crippen LogP contribution in [0.1, 0.15) is 45.1 Å². The number of carboxylic acids is 2. The molecule has 0 aliphatic heterocycles. The van der Waals surface area contributed by atoms with E-state index in [1.54, 1.807) is 7.05 Å². The third-order valence-corrected chi connectivity index (χ3v) is 6.27. The predicted octanol–water partition coefficient (Wildman–Crippen LogP) is 2.51. The lowest BCUT2D eigenvalue weighted by molar-refractivity contribution is -0.134. The van der Waals surface area contributed by atoms with Crippen molar-refractivity contribution in [3.63, 3.8) is 0 Å². The number of aliphatic carboxylic acids is 2. The molecular formula is C28H40N6O6. The number of nitrogens with zero attached hydrogens (tertiary/aromatic N) is 5. The molecule has 0 saturated heterocycles. The van der Waals surface area contributed by atoms with Crippen LogP contribution in [-0.2, 0) is 30.2 Å². The Labute approximate surface area is 233 Å². The normalized spacial score (nSPS) is 11.1. The van der Waals surface area contributed by atoms with E-state index >= 15 is 0 Å². The zero-order valence-corrected chi connectivity index (χ0v) is 23.7. The quantitative estimate of drug-likeness (QED) is 0.254. The average molecular weight is 557 g/mol. The van der Waals surface area contributed by atoms with Gasteiger partial charge in [-0.25, -0.2) is 14.4 Å². The fourth-order valence-corrected chi connectivity index (χ4v) is 4.07. The molecule has 0 aliphatic carbocycles. The van der Waals surface area contributed by atoms with Crippen molar-refractivity contribution in [2.24, 2.45) is 14.1 Å². The summed E-state index contributed by atoms with van der Waals surface area (Å²) in [6.07, 6.45) is 5.86. The van der Waals surface area contributed by atoms with Crippen LogP contribution in [0.4, 0.5) is 5.95 Å². The fraction of sp³-hybridized carbons (Fsp3) is 0.464. The summed E-state index contributed by atoms with van der Waals surface area (Å²) < 4.78 is 4.49. The zero-order chi connectivity index (χ0) is 29.7. The number of benzene rings is 1. The van der Waals surface area contributed by atoms with E-state index in [0.29, 0.717) is 35.8 Å². The average Bonchev–Trinajstić information content (AvgIpc) is 3.29. The number of rotatable bonds is 14. The highest BCUT2D eigenvalue weighted by Gasteiger charge is 2.19. The van der Waals surface area contributed by atoms with Crippen molar-refractivity contribution in [2.75, 3.05) is 31.5 Å². The largest absolute Gasteiger partial charge is 0.478 e. The van der Waals surface area contributed by atoms with E-state index < -0.39 is 11.9 Å². The van der Waals surface area contributed by atoms with Crippen molar-refractivity contribution in [3.05, 3.63) is 68.9 Å². The third-order valence-electron chi connectivity index (χ3n) is 6.27. The Morgan fingerprint density at radius 1 is 0.925 bits per heavy atom. The summed E-state index contributed by atoms with van der Waals surface area (Å²) in [5.41, 5.74) is 1.22. The maximum absolute atomic E-state index is 13.0. The van der Waals surface area contributed by atoms with Crippen LogP contribution in [0.5, 0.6) is 0 Å². The molecule has 40 heavy (non-hydrogen) atoms. The van der Waals surface area contributed by atoms with Crippen LogP contribution in [0.2, 0.25) is 0 Å². The molecule has 12 heteroatoms. The Hall–Kier alpha value is -4.19. The van der Waals surface area contributed by atoms with Gasteiger partial charge in [0.1, 0.15) is 0 Å². The van der Waals surface area contributed by atoms with Crippen molar-refractivity contribution in [1.29, 1.82) is 0 Å². The van der Waals surface area contributed by atoms with E-state index in [9.17, 15) is 19.2 Å². The lowest BCUT2D eigenvalue weighted by Crippen LogP contribution is -2.37. The maximum Gasteiger partial charge on any atom is 0.332 e. The van der Waals surface area contributed by atoms with Crippen LogP contribution in [0.25, 0.3) is 11.2 Å².